The van der Waals surface area contributed by atoms with Gasteiger partial charge in [0.05, 0.1) is 11.7 Å². The first-order chi connectivity index (χ1) is 10.7. The molecule has 0 fully saturated rings. The topological polar surface area (TPSA) is 52.6 Å². The predicted molar refractivity (Wildman–Crippen MR) is 77.5 cm³/mol. The number of methoxy groups -OCH3 is 1. The van der Waals surface area contributed by atoms with Crippen molar-refractivity contribution >= 4 is 17.8 Å². The number of ether oxygens (including phenoxy) is 2. The second kappa shape index (κ2) is 7.92. The van der Waals surface area contributed by atoms with Crippen LogP contribution in [-0.4, -0.2) is 31.6 Å². The summed E-state index contributed by atoms with van der Waals surface area (Å²) in [5.41, 5.74) is -1.72. The molecule has 1 aromatic carbocycles. The van der Waals surface area contributed by atoms with Gasteiger partial charge in [-0.3, -0.25) is 4.79 Å². The molecule has 0 atom stereocenters. The third-order valence-electron chi connectivity index (χ3n) is 2.70. The van der Waals surface area contributed by atoms with Crippen LogP contribution in [0.2, 0.25) is 0 Å². The molecular formula is C16H17F3O4. The maximum atomic E-state index is 13.0. The fourth-order valence-corrected chi connectivity index (χ4v) is 1.78. The fourth-order valence-electron chi connectivity index (χ4n) is 1.78. The molecule has 0 aromatic heterocycles. The molecule has 0 unspecified atom stereocenters. The SMILES string of the molecule is COCC(=O)C(=Cc1ccccc1C(F)(F)F)C(=O)OC(C)C. The highest BCUT2D eigenvalue weighted by atomic mass is 19.4. The highest BCUT2D eigenvalue weighted by Crippen LogP contribution is 2.33. The summed E-state index contributed by atoms with van der Waals surface area (Å²) in [6.45, 7) is 2.70. The standard InChI is InChI=1S/C16H17F3O4/c1-10(2)23-15(21)12(14(20)9-22-3)8-11-6-4-5-7-13(11)16(17,18)19/h4-8,10H,9H2,1-3H3. The normalized spacial score (nSPS) is 12.4. The Morgan fingerprint density at radius 1 is 1.22 bits per heavy atom. The second-order valence-corrected chi connectivity index (χ2v) is 4.95. The van der Waals surface area contributed by atoms with E-state index in [1.807, 2.05) is 0 Å². The summed E-state index contributed by atoms with van der Waals surface area (Å²) in [6, 6.07) is 4.65. The molecule has 0 heterocycles. The number of Topliss-reactive ketones (excluding diaryl/α,β-unsaturated/α-hetero) is 1. The summed E-state index contributed by atoms with van der Waals surface area (Å²) in [7, 11) is 1.24. The van der Waals surface area contributed by atoms with Crippen LogP contribution in [0.15, 0.2) is 29.8 Å². The molecule has 0 amide bonds. The van der Waals surface area contributed by atoms with E-state index in [9.17, 15) is 22.8 Å². The number of ketones is 1. The van der Waals surface area contributed by atoms with Gasteiger partial charge in [-0.2, -0.15) is 13.2 Å². The van der Waals surface area contributed by atoms with Gasteiger partial charge in [-0.1, -0.05) is 18.2 Å². The minimum atomic E-state index is -4.61. The van der Waals surface area contributed by atoms with Crippen molar-refractivity contribution in [3.8, 4) is 0 Å². The monoisotopic (exact) mass is 330 g/mol. The molecule has 0 bridgehead atoms. The number of esters is 1. The zero-order valence-corrected chi connectivity index (χ0v) is 12.9. The van der Waals surface area contributed by atoms with Crippen LogP contribution >= 0.6 is 0 Å². The first-order valence-electron chi connectivity index (χ1n) is 6.77. The van der Waals surface area contributed by atoms with E-state index in [1.54, 1.807) is 13.8 Å². The Balaban J connectivity index is 3.35. The number of halogens is 3. The van der Waals surface area contributed by atoms with Gasteiger partial charge in [0.15, 0.2) is 5.78 Å². The van der Waals surface area contributed by atoms with Crippen LogP contribution in [-0.2, 0) is 25.2 Å². The minimum Gasteiger partial charge on any atom is -0.459 e. The number of carbonyl (C=O) groups is 2. The van der Waals surface area contributed by atoms with Crippen molar-refractivity contribution in [3.05, 3.63) is 41.0 Å². The molecule has 0 N–H and O–H groups in total. The number of carbonyl (C=O) groups excluding carboxylic acids is 2. The van der Waals surface area contributed by atoms with Gasteiger partial charge in [-0.25, -0.2) is 4.79 Å². The molecule has 126 valence electrons. The van der Waals surface area contributed by atoms with Crippen LogP contribution in [0.1, 0.15) is 25.0 Å². The van der Waals surface area contributed by atoms with E-state index in [1.165, 1.54) is 25.3 Å². The Labute approximate surface area is 131 Å². The lowest BCUT2D eigenvalue weighted by Crippen LogP contribution is -2.22. The fraction of sp³-hybridized carbons (Fsp3) is 0.375. The first kappa shape index (κ1) is 18.9. The van der Waals surface area contributed by atoms with Gasteiger partial charge < -0.3 is 9.47 Å². The van der Waals surface area contributed by atoms with Crippen molar-refractivity contribution in [1.29, 1.82) is 0 Å². The summed E-state index contributed by atoms with van der Waals surface area (Å²) >= 11 is 0. The van der Waals surface area contributed by atoms with Crippen LogP contribution < -0.4 is 0 Å². The lowest BCUT2D eigenvalue weighted by Gasteiger charge is -2.13. The molecule has 0 saturated heterocycles. The van der Waals surface area contributed by atoms with E-state index in [2.05, 4.69) is 4.74 Å². The van der Waals surface area contributed by atoms with Crippen LogP contribution in [0.3, 0.4) is 0 Å². The number of rotatable bonds is 6. The number of benzene rings is 1. The summed E-state index contributed by atoms with van der Waals surface area (Å²) in [4.78, 5) is 23.9. The van der Waals surface area contributed by atoms with Gasteiger partial charge in [-0.05, 0) is 31.6 Å². The van der Waals surface area contributed by atoms with Crippen LogP contribution in [0.5, 0.6) is 0 Å². The largest absolute Gasteiger partial charge is 0.459 e. The van der Waals surface area contributed by atoms with Gasteiger partial charge in [0.1, 0.15) is 12.2 Å². The molecule has 0 aliphatic carbocycles. The van der Waals surface area contributed by atoms with E-state index in [0.29, 0.717) is 0 Å². The molecule has 4 nitrogen and oxygen atoms in total. The Morgan fingerprint density at radius 2 is 1.83 bits per heavy atom. The highest BCUT2D eigenvalue weighted by molar-refractivity contribution is 6.21. The lowest BCUT2D eigenvalue weighted by molar-refractivity contribution is -0.144. The minimum absolute atomic E-state index is 0.292. The number of alkyl halides is 3. The van der Waals surface area contributed by atoms with Gasteiger partial charge in [-0.15, -0.1) is 0 Å². The molecule has 23 heavy (non-hydrogen) atoms. The Kier molecular flexibility index (Phi) is 6.50. The summed E-state index contributed by atoms with van der Waals surface area (Å²) in [5.74, 6) is -1.74. The molecule has 1 aromatic rings. The molecule has 0 aliphatic rings. The molecule has 0 spiro atoms. The van der Waals surface area contributed by atoms with Crippen molar-refractivity contribution in [3.63, 3.8) is 0 Å². The smallest absolute Gasteiger partial charge is 0.416 e. The lowest BCUT2D eigenvalue weighted by atomic mass is 10.0. The third-order valence-corrected chi connectivity index (χ3v) is 2.70. The van der Waals surface area contributed by atoms with E-state index < -0.39 is 41.8 Å². The van der Waals surface area contributed by atoms with Crippen molar-refractivity contribution in [2.75, 3.05) is 13.7 Å². The Hall–Kier alpha value is -2.15. The van der Waals surface area contributed by atoms with E-state index in [0.717, 1.165) is 12.1 Å². The molecule has 1 rings (SSSR count). The van der Waals surface area contributed by atoms with Gasteiger partial charge in [0.2, 0.25) is 0 Å². The van der Waals surface area contributed by atoms with E-state index in [-0.39, 0.29) is 5.56 Å². The maximum Gasteiger partial charge on any atom is 0.416 e. The average molecular weight is 330 g/mol. The van der Waals surface area contributed by atoms with E-state index in [4.69, 9.17) is 4.74 Å². The third kappa shape index (κ3) is 5.52. The zero-order valence-electron chi connectivity index (χ0n) is 12.9. The van der Waals surface area contributed by atoms with Crippen molar-refractivity contribution in [1.82, 2.24) is 0 Å². The van der Waals surface area contributed by atoms with Gasteiger partial charge >= 0.3 is 12.1 Å². The quantitative estimate of drug-likeness (QED) is 0.348. The second-order valence-electron chi connectivity index (χ2n) is 4.95. The Morgan fingerprint density at radius 3 is 2.35 bits per heavy atom. The van der Waals surface area contributed by atoms with E-state index >= 15 is 0 Å². The highest BCUT2D eigenvalue weighted by Gasteiger charge is 2.33. The summed E-state index contributed by atoms with van der Waals surface area (Å²) in [5, 5.41) is 0. The molecule has 0 radical (unpaired) electrons. The predicted octanol–water partition coefficient (Wildman–Crippen LogP) is 3.26. The number of hydrogen-bond donors (Lipinski definition) is 0. The summed E-state index contributed by atoms with van der Waals surface area (Å²) < 4.78 is 48.6. The molecule has 7 heteroatoms. The van der Waals surface area contributed by atoms with Crippen molar-refractivity contribution in [2.45, 2.75) is 26.1 Å². The first-order valence-corrected chi connectivity index (χ1v) is 6.77. The summed E-state index contributed by atoms with van der Waals surface area (Å²) in [6.07, 6.45) is -4.24. The van der Waals surface area contributed by atoms with Gasteiger partial charge in [0, 0.05) is 7.11 Å². The number of hydrogen-bond acceptors (Lipinski definition) is 4. The zero-order chi connectivity index (χ0) is 17.6. The van der Waals surface area contributed by atoms with Gasteiger partial charge in [0.25, 0.3) is 0 Å². The molecular weight excluding hydrogens is 313 g/mol. The molecule has 0 aliphatic heterocycles. The Bertz CT molecular complexity index is 604. The van der Waals surface area contributed by atoms with Crippen molar-refractivity contribution in [2.24, 2.45) is 0 Å². The molecule has 0 saturated carbocycles. The average Bonchev–Trinajstić information content (AvgIpc) is 2.43. The van der Waals surface area contributed by atoms with Crippen LogP contribution in [0.4, 0.5) is 13.2 Å². The van der Waals surface area contributed by atoms with Crippen LogP contribution in [0.25, 0.3) is 6.08 Å². The van der Waals surface area contributed by atoms with Crippen molar-refractivity contribution < 1.29 is 32.2 Å². The van der Waals surface area contributed by atoms with Crippen LogP contribution in [0, 0.1) is 0 Å². The maximum absolute atomic E-state index is 13.0.